The van der Waals surface area contributed by atoms with E-state index in [9.17, 15) is 9.59 Å². The molecule has 0 aliphatic rings. The Hall–Kier alpha value is -1.57. The molecule has 15 heavy (non-hydrogen) atoms. The SMILES string of the molecule is CC(C)(C)OC(=O)C(CCC#N)C(=O)O. The molecule has 1 unspecified atom stereocenters. The van der Waals surface area contributed by atoms with Crippen molar-refractivity contribution in [3.63, 3.8) is 0 Å². The molecule has 84 valence electrons. The molecular weight excluding hydrogens is 198 g/mol. The molecule has 0 heterocycles. The predicted octanol–water partition coefficient (Wildman–Crippen LogP) is 1.33. The summed E-state index contributed by atoms with van der Waals surface area (Å²) in [6.45, 7) is 4.98. The molecule has 0 rings (SSSR count). The fourth-order valence-corrected chi connectivity index (χ4v) is 0.924. The minimum Gasteiger partial charge on any atom is -0.481 e. The summed E-state index contributed by atoms with van der Waals surface area (Å²) in [5.41, 5.74) is -0.711. The van der Waals surface area contributed by atoms with Crippen LogP contribution in [0.1, 0.15) is 33.6 Å². The van der Waals surface area contributed by atoms with Crippen LogP contribution >= 0.6 is 0 Å². The van der Waals surface area contributed by atoms with E-state index in [-0.39, 0.29) is 12.8 Å². The first-order chi connectivity index (χ1) is 6.78. The lowest BCUT2D eigenvalue weighted by molar-refractivity contribution is -0.166. The number of ether oxygens (including phenoxy) is 1. The number of carboxylic acid groups (broad SMARTS) is 1. The lowest BCUT2D eigenvalue weighted by Crippen LogP contribution is -2.32. The number of carbonyl (C=O) groups is 2. The van der Waals surface area contributed by atoms with Crippen molar-refractivity contribution in [1.29, 1.82) is 5.26 Å². The van der Waals surface area contributed by atoms with Crippen LogP contribution in [-0.4, -0.2) is 22.6 Å². The zero-order valence-corrected chi connectivity index (χ0v) is 9.11. The van der Waals surface area contributed by atoms with Crippen LogP contribution < -0.4 is 0 Å². The highest BCUT2D eigenvalue weighted by atomic mass is 16.6. The van der Waals surface area contributed by atoms with Gasteiger partial charge >= 0.3 is 11.9 Å². The predicted molar refractivity (Wildman–Crippen MR) is 51.8 cm³/mol. The Balaban J connectivity index is 4.44. The fraction of sp³-hybridized carbons (Fsp3) is 0.700. The second-order valence-corrected chi connectivity index (χ2v) is 4.12. The first-order valence-corrected chi connectivity index (χ1v) is 4.60. The molecule has 1 atom stereocenters. The number of hydrogen-bond acceptors (Lipinski definition) is 4. The molecule has 0 amide bonds. The number of esters is 1. The highest BCUT2D eigenvalue weighted by Crippen LogP contribution is 2.15. The summed E-state index contributed by atoms with van der Waals surface area (Å²) >= 11 is 0. The zero-order chi connectivity index (χ0) is 12.1. The summed E-state index contributed by atoms with van der Waals surface area (Å²) in [5, 5.41) is 17.1. The van der Waals surface area contributed by atoms with E-state index in [1.165, 1.54) is 0 Å². The lowest BCUT2D eigenvalue weighted by atomic mass is 10.0. The highest BCUT2D eigenvalue weighted by molar-refractivity contribution is 5.94. The van der Waals surface area contributed by atoms with Gasteiger partial charge in [-0.05, 0) is 27.2 Å². The molecule has 0 aromatic heterocycles. The third-order valence-corrected chi connectivity index (χ3v) is 1.53. The first-order valence-electron chi connectivity index (χ1n) is 4.60. The van der Waals surface area contributed by atoms with Gasteiger partial charge in [-0.1, -0.05) is 0 Å². The first kappa shape index (κ1) is 13.4. The normalized spacial score (nSPS) is 12.7. The van der Waals surface area contributed by atoms with E-state index in [0.717, 1.165) is 0 Å². The Morgan fingerprint density at radius 2 is 2.00 bits per heavy atom. The summed E-state index contributed by atoms with van der Waals surface area (Å²) in [6.07, 6.45) is 0.0109. The van der Waals surface area contributed by atoms with E-state index >= 15 is 0 Å². The van der Waals surface area contributed by atoms with Crippen LogP contribution in [0.4, 0.5) is 0 Å². The van der Waals surface area contributed by atoms with Crippen LogP contribution in [-0.2, 0) is 14.3 Å². The monoisotopic (exact) mass is 213 g/mol. The van der Waals surface area contributed by atoms with E-state index in [1.54, 1.807) is 26.8 Å². The van der Waals surface area contributed by atoms with Crippen molar-refractivity contribution in [2.24, 2.45) is 5.92 Å². The molecule has 0 aromatic carbocycles. The van der Waals surface area contributed by atoms with Gasteiger partial charge in [-0.2, -0.15) is 5.26 Å². The van der Waals surface area contributed by atoms with Gasteiger partial charge in [0.2, 0.25) is 0 Å². The van der Waals surface area contributed by atoms with E-state index < -0.39 is 23.5 Å². The van der Waals surface area contributed by atoms with Crippen LogP contribution in [0.15, 0.2) is 0 Å². The van der Waals surface area contributed by atoms with Crippen LogP contribution in [0.3, 0.4) is 0 Å². The molecule has 5 heteroatoms. The van der Waals surface area contributed by atoms with Gasteiger partial charge in [0.05, 0.1) is 6.07 Å². The van der Waals surface area contributed by atoms with Crippen molar-refractivity contribution < 1.29 is 19.4 Å². The molecule has 0 aliphatic carbocycles. The average Bonchev–Trinajstić information content (AvgIpc) is 2.00. The van der Waals surface area contributed by atoms with Gasteiger partial charge in [-0.3, -0.25) is 9.59 Å². The van der Waals surface area contributed by atoms with Crippen molar-refractivity contribution in [1.82, 2.24) is 0 Å². The molecule has 0 spiro atoms. The second kappa shape index (κ2) is 5.35. The molecule has 5 nitrogen and oxygen atoms in total. The van der Waals surface area contributed by atoms with Gasteiger partial charge in [0, 0.05) is 6.42 Å². The Labute approximate surface area is 88.6 Å². The summed E-state index contributed by atoms with van der Waals surface area (Å²) in [5.74, 6) is -3.28. The third-order valence-electron chi connectivity index (χ3n) is 1.53. The fourth-order valence-electron chi connectivity index (χ4n) is 0.924. The van der Waals surface area contributed by atoms with Gasteiger partial charge in [0.15, 0.2) is 5.92 Å². The zero-order valence-electron chi connectivity index (χ0n) is 9.11. The number of carbonyl (C=O) groups excluding carboxylic acids is 1. The summed E-state index contributed by atoms with van der Waals surface area (Å²) < 4.78 is 4.93. The maximum atomic E-state index is 11.4. The number of nitrogens with zero attached hydrogens (tertiary/aromatic N) is 1. The van der Waals surface area contributed by atoms with Gasteiger partial charge in [0.25, 0.3) is 0 Å². The van der Waals surface area contributed by atoms with Crippen LogP contribution in [0.5, 0.6) is 0 Å². The van der Waals surface area contributed by atoms with Crippen molar-refractivity contribution in [2.45, 2.75) is 39.2 Å². The topological polar surface area (TPSA) is 87.4 Å². The third kappa shape index (κ3) is 5.68. The lowest BCUT2D eigenvalue weighted by Gasteiger charge is -2.21. The molecule has 0 aliphatic heterocycles. The highest BCUT2D eigenvalue weighted by Gasteiger charge is 2.30. The molecule has 0 radical (unpaired) electrons. The molecule has 0 fully saturated rings. The second-order valence-electron chi connectivity index (χ2n) is 4.12. The minimum atomic E-state index is -1.25. The average molecular weight is 213 g/mol. The number of nitriles is 1. The molecule has 0 saturated heterocycles. The smallest absolute Gasteiger partial charge is 0.320 e. The Morgan fingerprint density at radius 1 is 1.47 bits per heavy atom. The Kier molecular flexibility index (Phi) is 4.79. The van der Waals surface area contributed by atoms with Crippen LogP contribution in [0.25, 0.3) is 0 Å². The summed E-state index contributed by atoms with van der Waals surface area (Å²) in [6, 6.07) is 1.80. The molecule has 1 N–H and O–H groups in total. The van der Waals surface area contributed by atoms with Crippen molar-refractivity contribution >= 4 is 11.9 Å². The van der Waals surface area contributed by atoms with Gasteiger partial charge in [-0.15, -0.1) is 0 Å². The van der Waals surface area contributed by atoms with E-state index in [4.69, 9.17) is 15.1 Å². The summed E-state index contributed by atoms with van der Waals surface area (Å²) in [4.78, 5) is 22.1. The Bertz CT molecular complexity index is 285. The van der Waals surface area contributed by atoms with E-state index in [0.29, 0.717) is 0 Å². The number of aliphatic carboxylic acids is 1. The molecular formula is C10H15NO4. The summed E-state index contributed by atoms with van der Waals surface area (Å²) in [7, 11) is 0. The largest absolute Gasteiger partial charge is 0.481 e. The van der Waals surface area contributed by atoms with Crippen molar-refractivity contribution in [2.75, 3.05) is 0 Å². The number of hydrogen-bond donors (Lipinski definition) is 1. The van der Waals surface area contributed by atoms with E-state index in [1.807, 2.05) is 0 Å². The molecule has 0 saturated carbocycles. The Morgan fingerprint density at radius 3 is 2.33 bits per heavy atom. The maximum Gasteiger partial charge on any atom is 0.320 e. The number of rotatable bonds is 4. The van der Waals surface area contributed by atoms with Gasteiger partial charge in [-0.25, -0.2) is 0 Å². The quantitative estimate of drug-likeness (QED) is 0.562. The maximum absolute atomic E-state index is 11.4. The van der Waals surface area contributed by atoms with Crippen LogP contribution in [0, 0.1) is 17.2 Å². The van der Waals surface area contributed by atoms with Crippen molar-refractivity contribution in [3.8, 4) is 6.07 Å². The molecule has 0 aromatic rings. The standard InChI is InChI=1S/C10H15NO4/c1-10(2,3)15-9(14)7(8(12)13)5-4-6-11/h7H,4-5H2,1-3H3,(H,12,13). The number of carboxylic acids is 1. The van der Waals surface area contributed by atoms with Crippen molar-refractivity contribution in [3.05, 3.63) is 0 Å². The minimum absolute atomic E-state index is 0.0131. The van der Waals surface area contributed by atoms with Gasteiger partial charge in [0.1, 0.15) is 5.60 Å². The van der Waals surface area contributed by atoms with E-state index in [2.05, 4.69) is 0 Å². The van der Waals surface area contributed by atoms with Gasteiger partial charge < -0.3 is 9.84 Å². The molecule has 0 bridgehead atoms. The van der Waals surface area contributed by atoms with Crippen LogP contribution in [0.2, 0.25) is 0 Å².